The molecule has 0 aromatic carbocycles. The van der Waals surface area contributed by atoms with Crippen LogP contribution in [0.3, 0.4) is 0 Å². The Morgan fingerprint density at radius 2 is 2.00 bits per heavy atom. The molecule has 1 N–H and O–H groups in total. The number of hydrogen-bond acceptors (Lipinski definition) is 2. The summed E-state index contributed by atoms with van der Waals surface area (Å²) >= 11 is 0. The van der Waals surface area contributed by atoms with Crippen LogP contribution in [0.5, 0.6) is 0 Å². The number of nitrogens with zero attached hydrogens (tertiary/aromatic N) is 1. The average Bonchev–Trinajstić information content (AvgIpc) is 2.53. The zero-order valence-corrected chi connectivity index (χ0v) is 11.1. The molecule has 0 radical (unpaired) electrons. The van der Waals surface area contributed by atoms with E-state index in [0.717, 1.165) is 6.54 Å². The lowest BCUT2D eigenvalue weighted by atomic mass is 10.0. The van der Waals surface area contributed by atoms with E-state index >= 15 is 0 Å². The van der Waals surface area contributed by atoms with Crippen molar-refractivity contribution >= 4 is 0 Å². The van der Waals surface area contributed by atoms with Crippen molar-refractivity contribution in [2.24, 2.45) is 0 Å². The standard InChI is InChI=1S/C13H28N2/c1-6-11(2)14-10-12(3)15-9-7-8-13(15,4)5/h11-12,14H,6-10H2,1-5H3. The first-order valence-electron chi connectivity index (χ1n) is 6.47. The minimum atomic E-state index is 0.413. The molecule has 1 saturated heterocycles. The van der Waals surface area contributed by atoms with Crippen LogP contribution in [0.4, 0.5) is 0 Å². The summed E-state index contributed by atoms with van der Waals surface area (Å²) in [5.74, 6) is 0. The van der Waals surface area contributed by atoms with Gasteiger partial charge in [-0.25, -0.2) is 0 Å². The van der Waals surface area contributed by atoms with Gasteiger partial charge in [0, 0.05) is 24.2 Å². The second-order valence-electron chi connectivity index (χ2n) is 5.68. The van der Waals surface area contributed by atoms with Crippen LogP contribution in [0.1, 0.15) is 53.9 Å². The third kappa shape index (κ3) is 3.46. The monoisotopic (exact) mass is 212 g/mol. The zero-order valence-electron chi connectivity index (χ0n) is 11.1. The summed E-state index contributed by atoms with van der Waals surface area (Å²) in [6.07, 6.45) is 3.93. The first-order valence-corrected chi connectivity index (χ1v) is 6.47. The summed E-state index contributed by atoms with van der Waals surface area (Å²) < 4.78 is 0. The van der Waals surface area contributed by atoms with Gasteiger partial charge in [0.1, 0.15) is 0 Å². The maximum absolute atomic E-state index is 3.61. The second kappa shape index (κ2) is 5.31. The lowest BCUT2D eigenvalue weighted by Crippen LogP contribution is -2.49. The van der Waals surface area contributed by atoms with Gasteiger partial charge >= 0.3 is 0 Å². The topological polar surface area (TPSA) is 15.3 Å². The Kier molecular flexibility index (Phi) is 4.60. The molecule has 2 unspecified atom stereocenters. The fraction of sp³-hybridized carbons (Fsp3) is 1.00. The van der Waals surface area contributed by atoms with Gasteiger partial charge < -0.3 is 5.32 Å². The molecule has 1 fully saturated rings. The van der Waals surface area contributed by atoms with Gasteiger partial charge in [-0.3, -0.25) is 4.90 Å². The van der Waals surface area contributed by atoms with Crippen molar-refractivity contribution < 1.29 is 0 Å². The fourth-order valence-corrected chi connectivity index (χ4v) is 2.57. The molecule has 1 rings (SSSR count). The highest BCUT2D eigenvalue weighted by atomic mass is 15.2. The molecular formula is C13H28N2. The molecule has 15 heavy (non-hydrogen) atoms. The van der Waals surface area contributed by atoms with E-state index in [1.165, 1.54) is 25.8 Å². The van der Waals surface area contributed by atoms with E-state index in [2.05, 4.69) is 44.8 Å². The summed E-state index contributed by atoms with van der Waals surface area (Å²) in [4.78, 5) is 2.66. The molecule has 1 aliphatic rings. The number of likely N-dealkylation sites (tertiary alicyclic amines) is 1. The number of nitrogens with one attached hydrogen (secondary N) is 1. The summed E-state index contributed by atoms with van der Waals surface area (Å²) in [6.45, 7) is 14.0. The minimum Gasteiger partial charge on any atom is -0.313 e. The molecular weight excluding hydrogens is 184 g/mol. The highest BCUT2D eigenvalue weighted by molar-refractivity contribution is 4.91. The SMILES string of the molecule is CCC(C)NCC(C)N1CCCC1(C)C. The zero-order chi connectivity index (χ0) is 11.5. The lowest BCUT2D eigenvalue weighted by Gasteiger charge is -2.37. The van der Waals surface area contributed by atoms with Crippen LogP contribution in [0.15, 0.2) is 0 Å². The third-order valence-electron chi connectivity index (χ3n) is 3.87. The smallest absolute Gasteiger partial charge is 0.0197 e. The van der Waals surface area contributed by atoms with E-state index in [9.17, 15) is 0 Å². The Bertz CT molecular complexity index is 189. The second-order valence-corrected chi connectivity index (χ2v) is 5.68. The quantitative estimate of drug-likeness (QED) is 0.753. The van der Waals surface area contributed by atoms with Gasteiger partial charge in [0.25, 0.3) is 0 Å². The molecule has 2 heteroatoms. The molecule has 0 aromatic heterocycles. The number of hydrogen-bond donors (Lipinski definition) is 1. The minimum absolute atomic E-state index is 0.413. The Hall–Kier alpha value is -0.0800. The van der Waals surface area contributed by atoms with Crippen molar-refractivity contribution in [3.8, 4) is 0 Å². The summed E-state index contributed by atoms with van der Waals surface area (Å²) in [5.41, 5.74) is 0.413. The first-order chi connectivity index (χ1) is 6.97. The molecule has 0 saturated carbocycles. The first kappa shape index (κ1) is 13.0. The average molecular weight is 212 g/mol. The van der Waals surface area contributed by atoms with Crippen LogP contribution >= 0.6 is 0 Å². The highest BCUT2D eigenvalue weighted by Crippen LogP contribution is 2.29. The van der Waals surface area contributed by atoms with Gasteiger partial charge in [-0.05, 0) is 53.5 Å². The van der Waals surface area contributed by atoms with E-state index < -0.39 is 0 Å². The maximum Gasteiger partial charge on any atom is 0.0197 e. The van der Waals surface area contributed by atoms with Gasteiger partial charge in [-0.15, -0.1) is 0 Å². The van der Waals surface area contributed by atoms with Crippen LogP contribution in [0.25, 0.3) is 0 Å². The van der Waals surface area contributed by atoms with E-state index in [0.29, 0.717) is 17.6 Å². The fourth-order valence-electron chi connectivity index (χ4n) is 2.57. The molecule has 90 valence electrons. The number of rotatable bonds is 5. The van der Waals surface area contributed by atoms with Crippen LogP contribution in [-0.4, -0.2) is 35.6 Å². The highest BCUT2D eigenvalue weighted by Gasteiger charge is 2.34. The molecule has 0 aromatic rings. The normalized spacial score (nSPS) is 25.4. The van der Waals surface area contributed by atoms with Crippen molar-refractivity contribution in [1.29, 1.82) is 0 Å². The lowest BCUT2D eigenvalue weighted by molar-refractivity contribution is 0.121. The summed E-state index contributed by atoms with van der Waals surface area (Å²) in [7, 11) is 0. The van der Waals surface area contributed by atoms with Gasteiger partial charge in [-0.2, -0.15) is 0 Å². The molecule has 2 atom stereocenters. The molecule has 0 amide bonds. The van der Waals surface area contributed by atoms with Crippen LogP contribution in [-0.2, 0) is 0 Å². The Labute approximate surface area is 95.4 Å². The predicted molar refractivity (Wildman–Crippen MR) is 67.2 cm³/mol. The maximum atomic E-state index is 3.61. The summed E-state index contributed by atoms with van der Waals surface area (Å²) in [6, 6.07) is 1.31. The van der Waals surface area contributed by atoms with Gasteiger partial charge in [0.05, 0.1) is 0 Å². The van der Waals surface area contributed by atoms with Crippen molar-refractivity contribution in [2.75, 3.05) is 13.1 Å². The largest absolute Gasteiger partial charge is 0.313 e. The molecule has 0 aliphatic carbocycles. The van der Waals surface area contributed by atoms with Gasteiger partial charge in [0.15, 0.2) is 0 Å². The van der Waals surface area contributed by atoms with Crippen LogP contribution in [0, 0.1) is 0 Å². The summed E-state index contributed by atoms with van der Waals surface area (Å²) in [5, 5.41) is 3.61. The van der Waals surface area contributed by atoms with Crippen molar-refractivity contribution in [3.05, 3.63) is 0 Å². The predicted octanol–water partition coefficient (Wildman–Crippen LogP) is 2.64. The van der Waals surface area contributed by atoms with Crippen LogP contribution < -0.4 is 5.32 Å². The molecule has 2 nitrogen and oxygen atoms in total. The van der Waals surface area contributed by atoms with E-state index in [1.54, 1.807) is 0 Å². The Morgan fingerprint density at radius 1 is 1.33 bits per heavy atom. The van der Waals surface area contributed by atoms with Crippen LogP contribution in [0.2, 0.25) is 0 Å². The van der Waals surface area contributed by atoms with E-state index in [1.807, 2.05) is 0 Å². The molecule has 1 aliphatic heterocycles. The van der Waals surface area contributed by atoms with Gasteiger partial charge in [-0.1, -0.05) is 6.92 Å². The molecule has 0 spiro atoms. The molecule has 1 heterocycles. The Balaban J connectivity index is 2.36. The van der Waals surface area contributed by atoms with E-state index in [4.69, 9.17) is 0 Å². The van der Waals surface area contributed by atoms with E-state index in [-0.39, 0.29) is 0 Å². The molecule has 0 bridgehead atoms. The Morgan fingerprint density at radius 3 is 2.47 bits per heavy atom. The third-order valence-corrected chi connectivity index (χ3v) is 3.87. The van der Waals surface area contributed by atoms with Gasteiger partial charge in [0.2, 0.25) is 0 Å². The van der Waals surface area contributed by atoms with Crippen molar-refractivity contribution in [3.63, 3.8) is 0 Å². The van der Waals surface area contributed by atoms with Crippen molar-refractivity contribution in [2.45, 2.75) is 71.5 Å². The van der Waals surface area contributed by atoms with Crippen molar-refractivity contribution in [1.82, 2.24) is 10.2 Å².